The Labute approximate surface area is 89.1 Å². The molecular weight excluding hydrogens is 186 g/mol. The number of nitrogens with zero attached hydrogens (tertiary/aromatic N) is 2. The fourth-order valence-corrected chi connectivity index (χ4v) is 2.44. The molecule has 1 N–H and O–H groups in total. The highest BCUT2D eigenvalue weighted by Crippen LogP contribution is 2.26. The van der Waals surface area contributed by atoms with Crippen LogP contribution in [0.1, 0.15) is 23.6 Å². The lowest BCUT2D eigenvalue weighted by Crippen LogP contribution is -2.08. The number of imidazole rings is 1. The molecule has 1 fully saturated rings. The predicted octanol–water partition coefficient (Wildman–Crippen LogP) is 1.72. The smallest absolute Gasteiger partial charge is 0.0995 e. The third-order valence-electron chi connectivity index (χ3n) is 3.24. The van der Waals surface area contributed by atoms with Crippen molar-refractivity contribution in [2.45, 2.75) is 19.3 Å². The van der Waals surface area contributed by atoms with Crippen LogP contribution in [0, 0.1) is 6.92 Å². The molecule has 3 heteroatoms. The Hall–Kier alpha value is -1.35. The van der Waals surface area contributed by atoms with Crippen LogP contribution in [0.25, 0.3) is 5.52 Å². The highest BCUT2D eigenvalue weighted by molar-refractivity contribution is 5.59. The van der Waals surface area contributed by atoms with E-state index >= 15 is 0 Å². The molecule has 15 heavy (non-hydrogen) atoms. The summed E-state index contributed by atoms with van der Waals surface area (Å²) in [5.41, 5.74) is 3.88. The van der Waals surface area contributed by atoms with Crippen molar-refractivity contribution in [3.05, 3.63) is 35.9 Å². The second-order valence-electron chi connectivity index (χ2n) is 4.27. The lowest BCUT2D eigenvalue weighted by atomic mass is 10.0. The summed E-state index contributed by atoms with van der Waals surface area (Å²) in [5.74, 6) is 0.594. The first-order chi connectivity index (χ1) is 7.36. The van der Waals surface area contributed by atoms with Gasteiger partial charge >= 0.3 is 0 Å². The van der Waals surface area contributed by atoms with E-state index in [1.807, 2.05) is 6.33 Å². The minimum Gasteiger partial charge on any atom is -0.316 e. The largest absolute Gasteiger partial charge is 0.316 e. The van der Waals surface area contributed by atoms with Crippen molar-refractivity contribution in [3.63, 3.8) is 0 Å². The number of hydrogen-bond donors (Lipinski definition) is 1. The van der Waals surface area contributed by atoms with Crippen molar-refractivity contribution in [1.29, 1.82) is 0 Å². The second-order valence-corrected chi connectivity index (χ2v) is 4.27. The first-order valence-corrected chi connectivity index (χ1v) is 5.49. The molecule has 1 aliphatic rings. The lowest BCUT2D eigenvalue weighted by molar-refractivity contribution is 0.746. The Morgan fingerprint density at radius 2 is 2.47 bits per heavy atom. The van der Waals surface area contributed by atoms with Gasteiger partial charge in [-0.1, -0.05) is 6.07 Å². The zero-order valence-corrected chi connectivity index (χ0v) is 8.90. The standard InChI is InChI=1S/C12H15N3/c1-9-3-2-6-15-8-14-11(12(9)15)10-4-5-13-7-10/h2-3,6,8,10,13H,4-5,7H2,1H3. The van der Waals surface area contributed by atoms with Crippen molar-refractivity contribution in [3.8, 4) is 0 Å². The van der Waals surface area contributed by atoms with Crippen molar-refractivity contribution in [2.75, 3.05) is 13.1 Å². The Morgan fingerprint density at radius 3 is 3.27 bits per heavy atom. The monoisotopic (exact) mass is 201 g/mol. The Bertz CT molecular complexity index is 481. The van der Waals surface area contributed by atoms with Crippen LogP contribution in [0.3, 0.4) is 0 Å². The van der Waals surface area contributed by atoms with Gasteiger partial charge in [-0.3, -0.25) is 0 Å². The normalized spacial score (nSPS) is 21.3. The summed E-state index contributed by atoms with van der Waals surface area (Å²) in [6.07, 6.45) is 5.21. The maximum Gasteiger partial charge on any atom is 0.0995 e. The Balaban J connectivity index is 2.18. The fraction of sp³-hybridized carbons (Fsp3) is 0.417. The zero-order valence-electron chi connectivity index (χ0n) is 8.90. The number of pyridine rings is 1. The molecule has 78 valence electrons. The van der Waals surface area contributed by atoms with E-state index < -0.39 is 0 Å². The summed E-state index contributed by atoms with van der Waals surface area (Å²) in [6, 6.07) is 4.23. The number of hydrogen-bond acceptors (Lipinski definition) is 2. The minimum atomic E-state index is 0.594. The third-order valence-corrected chi connectivity index (χ3v) is 3.24. The van der Waals surface area contributed by atoms with Crippen molar-refractivity contribution >= 4 is 5.52 Å². The molecule has 0 aromatic carbocycles. The molecule has 0 radical (unpaired) electrons. The average Bonchev–Trinajstić information content (AvgIpc) is 2.85. The Morgan fingerprint density at radius 1 is 1.53 bits per heavy atom. The topological polar surface area (TPSA) is 29.3 Å². The van der Waals surface area contributed by atoms with Crippen LogP contribution in [0.4, 0.5) is 0 Å². The van der Waals surface area contributed by atoms with Gasteiger partial charge in [0.05, 0.1) is 17.5 Å². The zero-order chi connectivity index (χ0) is 10.3. The van der Waals surface area contributed by atoms with Gasteiger partial charge in [-0.25, -0.2) is 4.98 Å². The molecule has 0 saturated carbocycles. The van der Waals surface area contributed by atoms with Gasteiger partial charge in [0.15, 0.2) is 0 Å². The molecule has 3 heterocycles. The quantitative estimate of drug-likeness (QED) is 0.761. The van der Waals surface area contributed by atoms with Gasteiger partial charge in [-0.2, -0.15) is 0 Å². The van der Waals surface area contributed by atoms with Crippen LogP contribution in [-0.4, -0.2) is 22.5 Å². The van der Waals surface area contributed by atoms with Crippen molar-refractivity contribution in [2.24, 2.45) is 0 Å². The van der Waals surface area contributed by atoms with Crippen LogP contribution in [0.15, 0.2) is 24.7 Å². The fourth-order valence-electron chi connectivity index (χ4n) is 2.44. The van der Waals surface area contributed by atoms with Gasteiger partial charge in [-0.05, 0) is 31.5 Å². The van der Waals surface area contributed by atoms with E-state index in [-0.39, 0.29) is 0 Å². The average molecular weight is 201 g/mol. The molecule has 1 unspecified atom stereocenters. The van der Waals surface area contributed by atoms with E-state index in [2.05, 4.69) is 40.0 Å². The highest BCUT2D eigenvalue weighted by atomic mass is 15.0. The van der Waals surface area contributed by atoms with E-state index in [0.717, 1.165) is 13.1 Å². The molecule has 1 aliphatic heterocycles. The molecule has 1 atom stereocenters. The summed E-state index contributed by atoms with van der Waals surface area (Å²) >= 11 is 0. The number of fused-ring (bicyclic) bond motifs is 1. The first-order valence-electron chi connectivity index (χ1n) is 5.49. The molecule has 2 aromatic heterocycles. The van der Waals surface area contributed by atoms with E-state index in [0.29, 0.717) is 5.92 Å². The number of rotatable bonds is 1. The molecular formula is C12H15N3. The van der Waals surface area contributed by atoms with Gasteiger partial charge < -0.3 is 9.72 Å². The summed E-state index contributed by atoms with van der Waals surface area (Å²) < 4.78 is 2.13. The van der Waals surface area contributed by atoms with E-state index in [1.165, 1.54) is 23.2 Å². The molecule has 2 aromatic rings. The molecule has 3 rings (SSSR count). The van der Waals surface area contributed by atoms with Crippen LogP contribution in [0.5, 0.6) is 0 Å². The third kappa shape index (κ3) is 1.35. The maximum absolute atomic E-state index is 4.56. The number of aromatic nitrogens is 2. The molecule has 0 spiro atoms. The highest BCUT2D eigenvalue weighted by Gasteiger charge is 2.21. The van der Waals surface area contributed by atoms with E-state index in [9.17, 15) is 0 Å². The van der Waals surface area contributed by atoms with Gasteiger partial charge in [0, 0.05) is 18.7 Å². The molecule has 0 amide bonds. The van der Waals surface area contributed by atoms with Gasteiger partial charge in [0.2, 0.25) is 0 Å². The van der Waals surface area contributed by atoms with Crippen LogP contribution in [-0.2, 0) is 0 Å². The van der Waals surface area contributed by atoms with Gasteiger partial charge in [0.1, 0.15) is 0 Å². The maximum atomic E-state index is 4.56. The second kappa shape index (κ2) is 3.35. The van der Waals surface area contributed by atoms with Crippen LogP contribution >= 0.6 is 0 Å². The molecule has 0 bridgehead atoms. The molecule has 0 aliphatic carbocycles. The van der Waals surface area contributed by atoms with Crippen LogP contribution in [0.2, 0.25) is 0 Å². The number of nitrogens with one attached hydrogen (secondary N) is 1. The van der Waals surface area contributed by atoms with E-state index in [1.54, 1.807) is 0 Å². The molecule has 1 saturated heterocycles. The number of aryl methyl sites for hydroxylation is 1. The summed E-state index contributed by atoms with van der Waals surface area (Å²) in [4.78, 5) is 4.56. The van der Waals surface area contributed by atoms with Gasteiger partial charge in [0.25, 0.3) is 0 Å². The minimum absolute atomic E-state index is 0.594. The van der Waals surface area contributed by atoms with Crippen molar-refractivity contribution < 1.29 is 0 Å². The van der Waals surface area contributed by atoms with Gasteiger partial charge in [-0.15, -0.1) is 0 Å². The summed E-state index contributed by atoms with van der Waals surface area (Å²) in [7, 11) is 0. The Kier molecular flexibility index (Phi) is 1.99. The first kappa shape index (κ1) is 8.92. The SMILES string of the molecule is Cc1cccn2cnc(C3CCNC3)c12. The van der Waals surface area contributed by atoms with Crippen LogP contribution < -0.4 is 5.32 Å². The lowest BCUT2D eigenvalue weighted by Gasteiger charge is -2.07. The summed E-state index contributed by atoms with van der Waals surface area (Å²) in [6.45, 7) is 4.35. The van der Waals surface area contributed by atoms with Crippen molar-refractivity contribution in [1.82, 2.24) is 14.7 Å². The predicted molar refractivity (Wildman–Crippen MR) is 60.2 cm³/mol. The molecule has 3 nitrogen and oxygen atoms in total. The van der Waals surface area contributed by atoms with E-state index in [4.69, 9.17) is 0 Å². The summed E-state index contributed by atoms with van der Waals surface area (Å²) in [5, 5.41) is 3.40.